The molecule has 3 rings (SSSR count). The standard InChI is InChI=1S/C16H16F2N4O3S/c1-3-26(23,24)11-5-6-12(13(8-11)25-15(17)18)19-16-20-14-7-4-10(2)9-22(14)21-16/h4-9,15H,3H2,1-2H3,(H,19,21). The maximum Gasteiger partial charge on any atom is 0.387 e. The van der Waals surface area contributed by atoms with Gasteiger partial charge in [0.15, 0.2) is 21.2 Å². The lowest BCUT2D eigenvalue weighted by atomic mass is 10.3. The third kappa shape index (κ3) is 3.74. The predicted octanol–water partition coefficient (Wildman–Crippen LogP) is 3.18. The first-order chi connectivity index (χ1) is 12.3. The average Bonchev–Trinajstić information content (AvgIpc) is 2.97. The van der Waals surface area contributed by atoms with Crippen LogP contribution in [0.1, 0.15) is 12.5 Å². The minimum atomic E-state index is -3.56. The van der Waals surface area contributed by atoms with Crippen LogP contribution in [0.5, 0.6) is 5.75 Å². The van der Waals surface area contributed by atoms with Crippen LogP contribution in [0.25, 0.3) is 5.65 Å². The number of anilines is 2. The first-order valence-corrected chi connectivity index (χ1v) is 9.35. The lowest BCUT2D eigenvalue weighted by molar-refractivity contribution is -0.0494. The molecule has 0 aliphatic carbocycles. The van der Waals surface area contributed by atoms with Crippen LogP contribution in [0.3, 0.4) is 0 Å². The van der Waals surface area contributed by atoms with E-state index in [9.17, 15) is 17.2 Å². The summed E-state index contributed by atoms with van der Waals surface area (Å²) in [7, 11) is -3.56. The second-order valence-electron chi connectivity index (χ2n) is 5.51. The lowest BCUT2D eigenvalue weighted by Gasteiger charge is -2.12. The molecule has 7 nitrogen and oxygen atoms in total. The molecule has 10 heteroatoms. The molecule has 0 radical (unpaired) electrons. The van der Waals surface area contributed by atoms with Gasteiger partial charge < -0.3 is 10.1 Å². The lowest BCUT2D eigenvalue weighted by Crippen LogP contribution is -2.08. The van der Waals surface area contributed by atoms with Gasteiger partial charge in [-0.1, -0.05) is 13.0 Å². The van der Waals surface area contributed by atoms with Crippen molar-refractivity contribution in [1.82, 2.24) is 14.6 Å². The number of hydrogen-bond donors (Lipinski definition) is 1. The van der Waals surface area contributed by atoms with Crippen molar-refractivity contribution in [2.24, 2.45) is 0 Å². The summed E-state index contributed by atoms with van der Waals surface area (Å²) in [6.07, 6.45) is 1.76. The van der Waals surface area contributed by atoms with Gasteiger partial charge in [0.05, 0.1) is 16.3 Å². The molecule has 1 N–H and O–H groups in total. The van der Waals surface area contributed by atoms with Gasteiger partial charge in [0.2, 0.25) is 5.95 Å². The maximum atomic E-state index is 12.7. The minimum Gasteiger partial charge on any atom is -0.433 e. The van der Waals surface area contributed by atoms with E-state index in [4.69, 9.17) is 0 Å². The van der Waals surface area contributed by atoms with Gasteiger partial charge in [-0.25, -0.2) is 12.9 Å². The Labute approximate surface area is 148 Å². The number of hydrogen-bond acceptors (Lipinski definition) is 6. The number of fused-ring (bicyclic) bond motifs is 1. The number of pyridine rings is 1. The number of sulfone groups is 1. The van der Waals surface area contributed by atoms with Crippen LogP contribution in [0.15, 0.2) is 41.4 Å². The molecule has 0 spiro atoms. The molecule has 0 bridgehead atoms. The summed E-state index contributed by atoms with van der Waals surface area (Å²) in [5.74, 6) is -0.285. The molecule has 0 amide bonds. The number of ether oxygens (including phenoxy) is 1. The monoisotopic (exact) mass is 382 g/mol. The van der Waals surface area contributed by atoms with Gasteiger partial charge in [-0.3, -0.25) is 0 Å². The molecule has 0 aliphatic rings. The first-order valence-electron chi connectivity index (χ1n) is 7.70. The highest BCUT2D eigenvalue weighted by atomic mass is 32.2. The van der Waals surface area contributed by atoms with E-state index in [2.05, 4.69) is 20.1 Å². The molecule has 0 saturated heterocycles. The minimum absolute atomic E-state index is 0.0974. The Bertz CT molecular complexity index is 1050. The third-order valence-corrected chi connectivity index (χ3v) is 5.37. The quantitative estimate of drug-likeness (QED) is 0.705. The molecule has 2 heterocycles. The number of halogens is 2. The fraction of sp³-hybridized carbons (Fsp3) is 0.250. The van der Waals surface area contributed by atoms with Crippen LogP contribution >= 0.6 is 0 Å². The van der Waals surface area contributed by atoms with Gasteiger partial charge in [0, 0.05) is 12.3 Å². The van der Waals surface area contributed by atoms with Crippen LogP contribution in [0.4, 0.5) is 20.4 Å². The second kappa shape index (κ2) is 6.87. The molecule has 3 aromatic rings. The SMILES string of the molecule is CCS(=O)(=O)c1ccc(Nc2nc3ccc(C)cn3n2)c(OC(F)F)c1. The molecule has 2 aromatic heterocycles. The maximum absolute atomic E-state index is 12.7. The van der Waals surface area contributed by atoms with Crippen molar-refractivity contribution in [1.29, 1.82) is 0 Å². The summed E-state index contributed by atoms with van der Waals surface area (Å²) in [6.45, 7) is 0.264. The molecule has 1 aromatic carbocycles. The van der Waals surface area contributed by atoms with Crippen molar-refractivity contribution in [2.75, 3.05) is 11.1 Å². The van der Waals surface area contributed by atoms with Crippen LogP contribution in [-0.4, -0.2) is 35.4 Å². The van der Waals surface area contributed by atoms with Crippen LogP contribution < -0.4 is 10.1 Å². The zero-order chi connectivity index (χ0) is 18.9. The number of benzene rings is 1. The van der Waals surface area contributed by atoms with Crippen molar-refractivity contribution in [3.63, 3.8) is 0 Å². The van der Waals surface area contributed by atoms with Gasteiger partial charge in [0.25, 0.3) is 0 Å². The van der Waals surface area contributed by atoms with E-state index in [0.717, 1.165) is 11.6 Å². The van der Waals surface area contributed by atoms with E-state index in [0.29, 0.717) is 5.65 Å². The van der Waals surface area contributed by atoms with E-state index >= 15 is 0 Å². The molecule has 0 atom stereocenters. The van der Waals surface area contributed by atoms with E-state index in [-0.39, 0.29) is 28.0 Å². The zero-order valence-corrected chi connectivity index (χ0v) is 14.8. The Hall–Kier alpha value is -2.75. The summed E-state index contributed by atoms with van der Waals surface area (Å²) >= 11 is 0. The van der Waals surface area contributed by atoms with Crippen molar-refractivity contribution in [3.8, 4) is 5.75 Å². The second-order valence-corrected chi connectivity index (χ2v) is 7.79. The Kier molecular flexibility index (Phi) is 4.77. The summed E-state index contributed by atoms with van der Waals surface area (Å²) < 4.78 is 55.4. The van der Waals surface area contributed by atoms with Crippen LogP contribution in [0.2, 0.25) is 0 Å². The molecule has 26 heavy (non-hydrogen) atoms. The number of aromatic nitrogens is 3. The van der Waals surface area contributed by atoms with E-state index in [1.807, 2.05) is 13.0 Å². The number of nitrogens with one attached hydrogen (secondary N) is 1. The fourth-order valence-corrected chi connectivity index (χ4v) is 3.21. The molecule has 0 fully saturated rings. The van der Waals surface area contributed by atoms with Gasteiger partial charge in [-0.15, -0.1) is 5.10 Å². The number of alkyl halides is 2. The largest absolute Gasteiger partial charge is 0.433 e. The molecular weight excluding hydrogens is 366 g/mol. The van der Waals surface area contributed by atoms with Gasteiger partial charge in [-0.2, -0.15) is 13.8 Å². The fourth-order valence-electron chi connectivity index (χ4n) is 2.32. The molecule has 0 unspecified atom stereocenters. The smallest absolute Gasteiger partial charge is 0.387 e. The third-order valence-electron chi connectivity index (χ3n) is 3.63. The van der Waals surface area contributed by atoms with Gasteiger partial charge in [-0.05, 0) is 30.7 Å². The number of nitrogens with zero attached hydrogens (tertiary/aromatic N) is 3. The first kappa shape index (κ1) is 18.1. The van der Waals surface area contributed by atoms with Crippen LogP contribution in [-0.2, 0) is 9.84 Å². The Morgan fingerprint density at radius 3 is 2.73 bits per heavy atom. The predicted molar refractivity (Wildman–Crippen MR) is 91.8 cm³/mol. The Balaban J connectivity index is 1.99. The summed E-state index contributed by atoms with van der Waals surface area (Å²) in [5, 5.41) is 7.00. The number of rotatable bonds is 6. The van der Waals surface area contributed by atoms with E-state index < -0.39 is 16.4 Å². The van der Waals surface area contributed by atoms with Gasteiger partial charge >= 0.3 is 6.61 Å². The van der Waals surface area contributed by atoms with E-state index in [1.54, 1.807) is 16.8 Å². The highest BCUT2D eigenvalue weighted by Crippen LogP contribution is 2.31. The molecule has 138 valence electrons. The molecule has 0 aliphatic heterocycles. The summed E-state index contributed by atoms with van der Waals surface area (Å²) in [4.78, 5) is 4.14. The van der Waals surface area contributed by atoms with Gasteiger partial charge in [0.1, 0.15) is 0 Å². The normalized spacial score (nSPS) is 11.9. The molecule has 0 saturated carbocycles. The van der Waals surface area contributed by atoms with E-state index in [1.165, 1.54) is 19.1 Å². The summed E-state index contributed by atoms with van der Waals surface area (Å²) in [5.41, 5.74) is 1.68. The Morgan fingerprint density at radius 2 is 2.04 bits per heavy atom. The van der Waals surface area contributed by atoms with Crippen molar-refractivity contribution in [2.45, 2.75) is 25.4 Å². The summed E-state index contributed by atoms with van der Waals surface area (Å²) in [6, 6.07) is 7.36. The van der Waals surface area contributed by atoms with Crippen LogP contribution in [0, 0.1) is 6.92 Å². The number of aryl methyl sites for hydroxylation is 1. The van der Waals surface area contributed by atoms with Crippen molar-refractivity contribution in [3.05, 3.63) is 42.1 Å². The Morgan fingerprint density at radius 1 is 1.27 bits per heavy atom. The zero-order valence-electron chi connectivity index (χ0n) is 14.0. The van der Waals surface area contributed by atoms with Crippen molar-refractivity contribution < 1.29 is 21.9 Å². The highest BCUT2D eigenvalue weighted by molar-refractivity contribution is 7.91. The highest BCUT2D eigenvalue weighted by Gasteiger charge is 2.18. The molecular formula is C16H16F2N4O3S. The van der Waals surface area contributed by atoms with Crippen molar-refractivity contribution >= 4 is 27.1 Å². The topological polar surface area (TPSA) is 85.6 Å². The average molecular weight is 382 g/mol.